The Kier molecular flexibility index (Phi) is 7.45. The van der Waals surface area contributed by atoms with Gasteiger partial charge in [-0.2, -0.15) is 0 Å². The van der Waals surface area contributed by atoms with Crippen molar-refractivity contribution in [1.29, 1.82) is 0 Å². The van der Waals surface area contributed by atoms with Crippen molar-refractivity contribution in [2.45, 2.75) is 32.1 Å². The lowest BCUT2D eigenvalue weighted by Crippen LogP contribution is -2.46. The topological polar surface area (TPSA) is 104 Å². The summed E-state index contributed by atoms with van der Waals surface area (Å²) in [6, 6.07) is 4.92. The number of ether oxygens (including phenoxy) is 1. The number of nitrogens with zero attached hydrogens (tertiary/aromatic N) is 2. The van der Waals surface area contributed by atoms with Crippen molar-refractivity contribution in [3.63, 3.8) is 0 Å². The van der Waals surface area contributed by atoms with Gasteiger partial charge in [0.05, 0.1) is 18.1 Å². The quantitative estimate of drug-likeness (QED) is 0.675. The first-order chi connectivity index (χ1) is 16.2. The van der Waals surface area contributed by atoms with Crippen LogP contribution in [0.25, 0.3) is 5.57 Å². The maximum atomic E-state index is 14.7. The smallest absolute Gasteiger partial charge is 0.407 e. The van der Waals surface area contributed by atoms with Gasteiger partial charge in [-0.05, 0) is 61.3 Å². The van der Waals surface area contributed by atoms with Crippen molar-refractivity contribution in [1.82, 2.24) is 9.80 Å². The predicted molar refractivity (Wildman–Crippen MR) is 125 cm³/mol. The third-order valence-corrected chi connectivity index (χ3v) is 8.69. The van der Waals surface area contributed by atoms with Crippen molar-refractivity contribution < 1.29 is 32.2 Å². The molecule has 1 aromatic carbocycles. The van der Waals surface area contributed by atoms with Gasteiger partial charge in [0.2, 0.25) is 5.91 Å². The first kappa shape index (κ1) is 24.5. The van der Waals surface area contributed by atoms with Gasteiger partial charge < -0.3 is 19.6 Å². The number of amides is 2. The van der Waals surface area contributed by atoms with E-state index in [0.717, 1.165) is 11.1 Å². The second-order valence-electron chi connectivity index (χ2n) is 9.35. The zero-order valence-electron chi connectivity index (χ0n) is 19.1. The summed E-state index contributed by atoms with van der Waals surface area (Å²) in [6.07, 6.45) is 4.35. The van der Waals surface area contributed by atoms with Crippen LogP contribution in [-0.2, 0) is 14.6 Å². The van der Waals surface area contributed by atoms with E-state index in [1.807, 2.05) is 12.1 Å². The Balaban J connectivity index is 1.29. The molecule has 0 spiro atoms. The molecule has 1 N–H and O–H groups in total. The van der Waals surface area contributed by atoms with Gasteiger partial charge in [0.1, 0.15) is 0 Å². The van der Waals surface area contributed by atoms with E-state index >= 15 is 0 Å². The number of sulfone groups is 1. The minimum atomic E-state index is -3.02. The third-order valence-electron chi connectivity index (χ3n) is 7.08. The number of hydrogen-bond acceptors (Lipinski definition) is 5. The van der Waals surface area contributed by atoms with Crippen LogP contribution < -0.4 is 4.74 Å². The number of piperidine rings is 1. The number of carboxylic acid groups (broad SMARTS) is 1. The van der Waals surface area contributed by atoms with Crippen molar-refractivity contribution >= 4 is 27.4 Å². The molecule has 2 saturated heterocycles. The highest BCUT2D eigenvalue weighted by molar-refractivity contribution is 7.91. The van der Waals surface area contributed by atoms with Crippen LogP contribution in [0.5, 0.6) is 5.75 Å². The van der Waals surface area contributed by atoms with Crippen LogP contribution in [0.15, 0.2) is 24.3 Å². The molecular weight excluding hydrogens is 463 g/mol. The maximum absolute atomic E-state index is 14.7. The first-order valence-electron chi connectivity index (χ1n) is 11.8. The van der Waals surface area contributed by atoms with Gasteiger partial charge in [-0.25, -0.2) is 17.6 Å². The predicted octanol–water partition coefficient (Wildman–Crippen LogP) is 3.04. The molecule has 2 amide bonds. The molecule has 1 unspecified atom stereocenters. The molecule has 1 atom stereocenters. The molecule has 1 aromatic rings. The Morgan fingerprint density at radius 1 is 1.06 bits per heavy atom. The van der Waals surface area contributed by atoms with Gasteiger partial charge in [0.25, 0.3) is 0 Å². The highest BCUT2D eigenvalue weighted by Gasteiger charge is 2.31. The molecule has 8 nitrogen and oxygen atoms in total. The van der Waals surface area contributed by atoms with E-state index < -0.39 is 21.7 Å². The maximum Gasteiger partial charge on any atom is 0.407 e. The summed E-state index contributed by atoms with van der Waals surface area (Å²) in [4.78, 5) is 26.8. The highest BCUT2D eigenvalue weighted by atomic mass is 32.2. The van der Waals surface area contributed by atoms with E-state index in [4.69, 9.17) is 9.84 Å². The number of hydrogen-bond donors (Lipinski definition) is 1. The summed E-state index contributed by atoms with van der Waals surface area (Å²) in [6.45, 7) is 1.83. The normalized spacial score (nSPS) is 23.3. The van der Waals surface area contributed by atoms with Gasteiger partial charge in [0.15, 0.2) is 21.4 Å². The number of carbonyl (C=O) groups excluding carboxylic acids is 1. The molecule has 0 bridgehead atoms. The molecule has 2 heterocycles. The SMILES string of the molecule is O=C(O)N1CCC(COc2ccc(C3=CCC(C(=O)N4CCS(=O)(=O)CC4)CC3)cc2F)CC1. The van der Waals surface area contributed by atoms with Crippen LogP contribution in [0.1, 0.15) is 37.7 Å². The molecule has 2 aliphatic heterocycles. The molecule has 34 heavy (non-hydrogen) atoms. The van der Waals surface area contributed by atoms with Crippen molar-refractivity contribution in [3.05, 3.63) is 35.7 Å². The van der Waals surface area contributed by atoms with Gasteiger partial charge in [-0.15, -0.1) is 0 Å². The van der Waals surface area contributed by atoms with Crippen molar-refractivity contribution in [2.75, 3.05) is 44.3 Å². The standard InChI is InChI=1S/C24H31FN2O6S/c25-21-15-20(5-6-22(21)33-16-17-7-9-27(10-8-17)24(29)30)18-1-3-19(4-2-18)23(28)26-11-13-34(31,32)14-12-26/h1,5-6,15,17,19H,2-4,7-14,16H2,(H,29,30). The summed E-state index contributed by atoms with van der Waals surface area (Å²) in [5, 5.41) is 9.02. The number of benzene rings is 1. The Hall–Kier alpha value is -2.62. The Labute approximate surface area is 199 Å². The Morgan fingerprint density at radius 3 is 2.35 bits per heavy atom. The molecule has 2 fully saturated rings. The molecule has 0 aromatic heterocycles. The monoisotopic (exact) mass is 494 g/mol. The summed E-state index contributed by atoms with van der Waals surface area (Å²) in [7, 11) is -3.02. The second-order valence-corrected chi connectivity index (χ2v) is 11.7. The van der Waals surface area contributed by atoms with E-state index in [2.05, 4.69) is 0 Å². The van der Waals surface area contributed by atoms with Gasteiger partial charge in [-0.1, -0.05) is 12.1 Å². The number of rotatable bonds is 5. The van der Waals surface area contributed by atoms with Crippen LogP contribution in [0.4, 0.5) is 9.18 Å². The van der Waals surface area contributed by atoms with Crippen molar-refractivity contribution in [2.24, 2.45) is 11.8 Å². The third kappa shape index (κ3) is 5.89. The highest BCUT2D eigenvalue weighted by Crippen LogP contribution is 2.33. The number of halogens is 1. The van der Waals surface area contributed by atoms with Gasteiger partial charge in [0, 0.05) is 32.1 Å². The molecule has 3 aliphatic rings. The van der Waals surface area contributed by atoms with E-state index in [1.54, 1.807) is 11.0 Å². The number of likely N-dealkylation sites (tertiary alicyclic amines) is 1. The average molecular weight is 495 g/mol. The van der Waals surface area contributed by atoms with Gasteiger partial charge in [-0.3, -0.25) is 4.79 Å². The van der Waals surface area contributed by atoms with E-state index in [9.17, 15) is 22.4 Å². The van der Waals surface area contributed by atoms with Crippen LogP contribution >= 0.6 is 0 Å². The lowest BCUT2D eigenvalue weighted by molar-refractivity contribution is -0.135. The minimum Gasteiger partial charge on any atom is -0.490 e. The first-order valence-corrected chi connectivity index (χ1v) is 13.6. The zero-order valence-corrected chi connectivity index (χ0v) is 19.9. The van der Waals surface area contributed by atoms with Crippen LogP contribution in [0.3, 0.4) is 0 Å². The van der Waals surface area contributed by atoms with E-state index in [0.29, 0.717) is 51.8 Å². The molecule has 10 heteroatoms. The second kappa shape index (κ2) is 10.3. The Bertz CT molecular complexity index is 1050. The molecule has 0 saturated carbocycles. The fourth-order valence-electron chi connectivity index (χ4n) is 4.83. The molecular formula is C24H31FN2O6S. The minimum absolute atomic E-state index is 0.00863. The van der Waals surface area contributed by atoms with Crippen LogP contribution in [0, 0.1) is 17.7 Å². The fraction of sp³-hybridized carbons (Fsp3) is 0.583. The number of allylic oxidation sites excluding steroid dienone is 2. The molecule has 1 aliphatic carbocycles. The lowest BCUT2D eigenvalue weighted by Gasteiger charge is -2.31. The Morgan fingerprint density at radius 2 is 1.76 bits per heavy atom. The van der Waals surface area contributed by atoms with Crippen LogP contribution in [-0.4, -0.2) is 79.6 Å². The fourth-order valence-corrected chi connectivity index (χ4v) is 6.03. The summed E-state index contributed by atoms with van der Waals surface area (Å²) in [5.41, 5.74) is 1.77. The summed E-state index contributed by atoms with van der Waals surface area (Å²) >= 11 is 0. The van der Waals surface area contributed by atoms with E-state index in [-0.39, 0.29) is 48.1 Å². The van der Waals surface area contributed by atoms with Gasteiger partial charge >= 0.3 is 6.09 Å². The molecule has 0 radical (unpaired) electrons. The lowest BCUT2D eigenvalue weighted by atomic mass is 9.85. The summed E-state index contributed by atoms with van der Waals surface area (Å²) in [5.74, 6) is -0.143. The summed E-state index contributed by atoms with van der Waals surface area (Å²) < 4.78 is 43.6. The van der Waals surface area contributed by atoms with Crippen LogP contribution in [0.2, 0.25) is 0 Å². The largest absolute Gasteiger partial charge is 0.490 e. The number of carbonyl (C=O) groups is 2. The average Bonchev–Trinajstić information content (AvgIpc) is 2.83. The van der Waals surface area contributed by atoms with E-state index in [1.165, 1.54) is 11.0 Å². The van der Waals surface area contributed by atoms with Crippen molar-refractivity contribution in [3.8, 4) is 5.75 Å². The molecule has 186 valence electrons. The zero-order chi connectivity index (χ0) is 24.3. The molecule has 4 rings (SSSR count).